The number of furan rings is 1. The van der Waals surface area contributed by atoms with Crippen LogP contribution in [0.4, 0.5) is 5.82 Å². The lowest BCUT2D eigenvalue weighted by molar-refractivity contribution is 0.0920. The Morgan fingerprint density at radius 3 is 2.81 bits per heavy atom. The standard InChI is InChI=1S/C19H28N4O2S/c1-6-9-23(5)17-10-14(4)21-19(22-17)26-12-15-7-8-16(25-15)18(24)20-11-13(2)3/h7-8,10,13H,6,9,11-12H2,1-5H3,(H,20,24). The third kappa shape index (κ3) is 6.05. The summed E-state index contributed by atoms with van der Waals surface area (Å²) in [6.07, 6.45) is 1.07. The summed E-state index contributed by atoms with van der Waals surface area (Å²) >= 11 is 1.51. The van der Waals surface area contributed by atoms with Crippen LogP contribution in [0.25, 0.3) is 0 Å². The molecule has 26 heavy (non-hydrogen) atoms. The molecule has 7 heteroatoms. The summed E-state index contributed by atoms with van der Waals surface area (Å²) in [5, 5.41) is 3.57. The van der Waals surface area contributed by atoms with Gasteiger partial charge in [0, 0.05) is 31.9 Å². The number of hydrogen-bond donors (Lipinski definition) is 1. The van der Waals surface area contributed by atoms with Crippen LogP contribution in [0.15, 0.2) is 27.8 Å². The Bertz CT molecular complexity index is 730. The number of carbonyl (C=O) groups excluding carboxylic acids is 1. The molecule has 0 fully saturated rings. The number of nitrogens with one attached hydrogen (secondary N) is 1. The molecule has 0 aliphatic heterocycles. The number of rotatable bonds is 9. The molecule has 6 nitrogen and oxygen atoms in total. The molecule has 142 valence electrons. The molecule has 0 atom stereocenters. The molecule has 0 radical (unpaired) electrons. The number of hydrogen-bond acceptors (Lipinski definition) is 6. The first-order valence-electron chi connectivity index (χ1n) is 8.95. The van der Waals surface area contributed by atoms with E-state index in [1.54, 1.807) is 6.07 Å². The van der Waals surface area contributed by atoms with Crippen molar-refractivity contribution in [1.82, 2.24) is 15.3 Å². The third-order valence-electron chi connectivity index (χ3n) is 3.67. The van der Waals surface area contributed by atoms with Crippen LogP contribution in [0.3, 0.4) is 0 Å². The number of aryl methyl sites for hydroxylation is 1. The zero-order chi connectivity index (χ0) is 19.1. The highest BCUT2D eigenvalue weighted by atomic mass is 32.2. The normalized spacial score (nSPS) is 11.0. The summed E-state index contributed by atoms with van der Waals surface area (Å²) < 4.78 is 5.65. The largest absolute Gasteiger partial charge is 0.455 e. The van der Waals surface area contributed by atoms with Crippen LogP contribution in [0.1, 0.15) is 49.2 Å². The van der Waals surface area contributed by atoms with Crippen molar-refractivity contribution in [3.05, 3.63) is 35.4 Å². The Kier molecular flexibility index (Phi) is 7.50. The number of anilines is 1. The monoisotopic (exact) mass is 376 g/mol. The zero-order valence-electron chi connectivity index (χ0n) is 16.2. The van der Waals surface area contributed by atoms with Gasteiger partial charge in [0.25, 0.3) is 5.91 Å². The van der Waals surface area contributed by atoms with Gasteiger partial charge in [-0.2, -0.15) is 0 Å². The van der Waals surface area contributed by atoms with E-state index in [0.29, 0.717) is 29.1 Å². The minimum Gasteiger partial charge on any atom is -0.455 e. The van der Waals surface area contributed by atoms with Crippen LogP contribution in [-0.4, -0.2) is 36.0 Å². The highest BCUT2D eigenvalue weighted by molar-refractivity contribution is 7.98. The van der Waals surface area contributed by atoms with Crippen molar-refractivity contribution in [2.45, 2.75) is 45.0 Å². The van der Waals surface area contributed by atoms with Crippen molar-refractivity contribution in [3.8, 4) is 0 Å². The molecular weight excluding hydrogens is 348 g/mol. The average molecular weight is 377 g/mol. The molecule has 1 N–H and O–H groups in total. The zero-order valence-corrected chi connectivity index (χ0v) is 17.0. The summed E-state index contributed by atoms with van der Waals surface area (Å²) in [5.74, 6) is 2.81. The molecule has 0 aliphatic rings. The van der Waals surface area contributed by atoms with Gasteiger partial charge >= 0.3 is 0 Å². The van der Waals surface area contributed by atoms with Crippen LogP contribution >= 0.6 is 11.8 Å². The van der Waals surface area contributed by atoms with Gasteiger partial charge in [-0.1, -0.05) is 32.5 Å². The van der Waals surface area contributed by atoms with E-state index in [-0.39, 0.29) is 5.91 Å². The van der Waals surface area contributed by atoms with Crippen LogP contribution < -0.4 is 10.2 Å². The quantitative estimate of drug-likeness (QED) is 0.529. The molecule has 0 bridgehead atoms. The topological polar surface area (TPSA) is 71.3 Å². The maximum Gasteiger partial charge on any atom is 0.287 e. The minimum atomic E-state index is -0.176. The Morgan fingerprint density at radius 1 is 1.35 bits per heavy atom. The Hall–Kier alpha value is -2.02. The van der Waals surface area contributed by atoms with E-state index >= 15 is 0 Å². The van der Waals surface area contributed by atoms with Gasteiger partial charge in [-0.05, 0) is 31.4 Å². The highest BCUT2D eigenvalue weighted by Gasteiger charge is 2.13. The number of thioether (sulfide) groups is 1. The summed E-state index contributed by atoms with van der Waals surface area (Å²) in [6.45, 7) is 9.81. The van der Waals surface area contributed by atoms with Crippen molar-refractivity contribution < 1.29 is 9.21 Å². The summed E-state index contributed by atoms with van der Waals surface area (Å²) in [5.41, 5.74) is 0.939. The highest BCUT2D eigenvalue weighted by Crippen LogP contribution is 2.23. The predicted molar refractivity (Wildman–Crippen MR) is 106 cm³/mol. The van der Waals surface area contributed by atoms with Gasteiger partial charge < -0.3 is 14.6 Å². The summed E-state index contributed by atoms with van der Waals surface area (Å²) in [4.78, 5) is 23.2. The van der Waals surface area contributed by atoms with Gasteiger partial charge in [-0.15, -0.1) is 0 Å². The molecule has 0 aromatic carbocycles. The number of nitrogens with zero attached hydrogens (tertiary/aromatic N) is 3. The summed E-state index contributed by atoms with van der Waals surface area (Å²) in [7, 11) is 2.04. The molecular formula is C19H28N4O2S. The van der Waals surface area contributed by atoms with Gasteiger partial charge in [0.05, 0.1) is 5.75 Å². The lowest BCUT2D eigenvalue weighted by Gasteiger charge is -2.17. The van der Waals surface area contributed by atoms with E-state index in [9.17, 15) is 4.79 Å². The first-order chi connectivity index (χ1) is 12.4. The Labute approximate surface area is 159 Å². The maximum atomic E-state index is 12.0. The number of aromatic nitrogens is 2. The van der Waals surface area contributed by atoms with Crippen molar-refractivity contribution >= 4 is 23.5 Å². The molecule has 2 aromatic rings. The van der Waals surface area contributed by atoms with Crippen LogP contribution in [0.2, 0.25) is 0 Å². The van der Waals surface area contributed by atoms with E-state index in [4.69, 9.17) is 4.42 Å². The third-order valence-corrected chi connectivity index (χ3v) is 4.54. The molecule has 0 aliphatic carbocycles. The second kappa shape index (κ2) is 9.62. The first-order valence-corrected chi connectivity index (χ1v) is 9.94. The SMILES string of the molecule is CCCN(C)c1cc(C)nc(SCc2ccc(C(=O)NCC(C)C)o2)n1. The molecule has 2 aromatic heterocycles. The van der Waals surface area contributed by atoms with Crippen LogP contribution in [0.5, 0.6) is 0 Å². The number of amides is 1. The second-order valence-electron chi connectivity index (χ2n) is 6.73. The predicted octanol–water partition coefficient (Wildman–Crippen LogP) is 3.90. The fraction of sp³-hybridized carbons (Fsp3) is 0.526. The van der Waals surface area contributed by atoms with Crippen LogP contribution in [-0.2, 0) is 5.75 Å². The molecule has 1 amide bonds. The second-order valence-corrected chi connectivity index (χ2v) is 7.67. The smallest absolute Gasteiger partial charge is 0.287 e. The van der Waals surface area contributed by atoms with Crippen molar-refractivity contribution in [1.29, 1.82) is 0 Å². The van der Waals surface area contributed by atoms with Gasteiger partial charge in [0.15, 0.2) is 10.9 Å². The van der Waals surface area contributed by atoms with Gasteiger partial charge in [0.1, 0.15) is 11.6 Å². The van der Waals surface area contributed by atoms with Gasteiger partial charge in [-0.3, -0.25) is 4.79 Å². The minimum absolute atomic E-state index is 0.176. The summed E-state index contributed by atoms with van der Waals surface area (Å²) in [6, 6.07) is 5.53. The Morgan fingerprint density at radius 2 is 2.12 bits per heavy atom. The first kappa shape index (κ1) is 20.3. The lowest BCUT2D eigenvalue weighted by atomic mass is 10.2. The molecule has 0 unspecified atom stereocenters. The van der Waals surface area contributed by atoms with E-state index in [0.717, 1.165) is 30.2 Å². The van der Waals surface area contributed by atoms with Crippen molar-refractivity contribution in [2.75, 3.05) is 25.0 Å². The van der Waals surface area contributed by atoms with Crippen molar-refractivity contribution in [2.24, 2.45) is 5.92 Å². The number of carbonyl (C=O) groups is 1. The molecule has 0 saturated heterocycles. The molecule has 0 saturated carbocycles. The molecule has 2 rings (SSSR count). The van der Waals surface area contributed by atoms with E-state index in [2.05, 4.69) is 41.0 Å². The van der Waals surface area contributed by atoms with Gasteiger partial charge in [-0.25, -0.2) is 9.97 Å². The average Bonchev–Trinajstić information content (AvgIpc) is 3.06. The van der Waals surface area contributed by atoms with E-state index in [1.165, 1.54) is 11.8 Å². The fourth-order valence-corrected chi connectivity index (χ4v) is 3.13. The maximum absolute atomic E-state index is 12.0. The Balaban J connectivity index is 1.98. The fourth-order valence-electron chi connectivity index (χ4n) is 2.33. The van der Waals surface area contributed by atoms with Crippen LogP contribution in [0, 0.1) is 12.8 Å². The van der Waals surface area contributed by atoms with E-state index in [1.807, 2.05) is 26.1 Å². The van der Waals surface area contributed by atoms with E-state index < -0.39 is 0 Å². The van der Waals surface area contributed by atoms with Gasteiger partial charge in [0.2, 0.25) is 0 Å². The molecule has 2 heterocycles. The van der Waals surface area contributed by atoms with Crippen molar-refractivity contribution in [3.63, 3.8) is 0 Å². The molecule has 0 spiro atoms. The lowest BCUT2D eigenvalue weighted by Crippen LogP contribution is -2.26.